The summed E-state index contributed by atoms with van der Waals surface area (Å²) in [6.07, 6.45) is 5.05. The van der Waals surface area contributed by atoms with Gasteiger partial charge in [-0.25, -0.2) is 4.98 Å². The van der Waals surface area contributed by atoms with Gasteiger partial charge in [0.05, 0.1) is 11.1 Å². The Bertz CT molecular complexity index is 645. The van der Waals surface area contributed by atoms with Gasteiger partial charge in [-0.2, -0.15) is 0 Å². The topological polar surface area (TPSA) is 50.9 Å². The largest absolute Gasteiger partial charge is 0.399 e. The van der Waals surface area contributed by atoms with Crippen LogP contribution in [0.5, 0.6) is 0 Å². The number of hydrogen-bond acceptors (Lipinski definition) is 3. The lowest BCUT2D eigenvalue weighted by molar-refractivity contribution is 0.599. The summed E-state index contributed by atoms with van der Waals surface area (Å²) in [6.45, 7) is 0. The summed E-state index contributed by atoms with van der Waals surface area (Å²) in [5, 5.41) is 4.07. The van der Waals surface area contributed by atoms with Gasteiger partial charge < -0.3 is 11.1 Å². The molecule has 0 saturated carbocycles. The average molecular weight is 353 g/mol. The lowest BCUT2D eigenvalue weighted by Gasteiger charge is -2.27. The third-order valence-electron chi connectivity index (χ3n) is 3.60. The Morgan fingerprint density at radius 3 is 3.00 bits per heavy atom. The minimum atomic E-state index is 0.241. The first-order valence-corrected chi connectivity index (χ1v) is 7.76. The maximum atomic E-state index is 6.23. The molecule has 0 amide bonds. The van der Waals surface area contributed by atoms with Crippen LogP contribution in [-0.4, -0.2) is 4.98 Å². The van der Waals surface area contributed by atoms with E-state index in [2.05, 4.69) is 38.4 Å². The standard InChI is InChI=1S/C15H15BrClN3/c16-10-7-13(17)15(19-8-10)20-14-3-1-2-9-6-11(18)4-5-12(9)14/h4-8,14H,1-3,18H2,(H,19,20). The molecule has 3 N–H and O–H groups in total. The SMILES string of the molecule is Nc1ccc2c(c1)CCCC2Nc1ncc(Br)cc1Cl. The number of aryl methyl sites for hydroxylation is 1. The Labute approximate surface area is 131 Å². The molecule has 1 atom stereocenters. The molecular formula is C15H15BrClN3. The van der Waals surface area contributed by atoms with Gasteiger partial charge >= 0.3 is 0 Å². The van der Waals surface area contributed by atoms with E-state index in [1.54, 1.807) is 6.20 Å². The van der Waals surface area contributed by atoms with Crippen LogP contribution >= 0.6 is 27.5 Å². The van der Waals surface area contributed by atoms with Crippen molar-refractivity contribution in [2.75, 3.05) is 11.1 Å². The smallest absolute Gasteiger partial charge is 0.145 e. The number of nitrogen functional groups attached to an aromatic ring is 1. The third-order valence-corrected chi connectivity index (χ3v) is 4.32. The second kappa shape index (κ2) is 5.62. The van der Waals surface area contributed by atoms with Crippen molar-refractivity contribution in [2.24, 2.45) is 0 Å². The van der Waals surface area contributed by atoms with Crippen LogP contribution in [0.4, 0.5) is 11.5 Å². The van der Waals surface area contributed by atoms with Crippen molar-refractivity contribution < 1.29 is 0 Å². The molecule has 1 aliphatic rings. The summed E-state index contributed by atoms with van der Waals surface area (Å²) in [5.41, 5.74) is 9.30. The normalized spacial score (nSPS) is 17.6. The first kappa shape index (κ1) is 13.7. The Hall–Kier alpha value is -1.26. The summed E-state index contributed by atoms with van der Waals surface area (Å²) in [7, 11) is 0. The van der Waals surface area contributed by atoms with E-state index in [0.29, 0.717) is 5.02 Å². The predicted octanol–water partition coefficient (Wildman–Crippen LogP) is 4.57. The molecule has 3 nitrogen and oxygen atoms in total. The van der Waals surface area contributed by atoms with Crippen LogP contribution < -0.4 is 11.1 Å². The Balaban J connectivity index is 1.89. The van der Waals surface area contributed by atoms with Crippen LogP contribution in [0.25, 0.3) is 0 Å². The summed E-state index contributed by atoms with van der Waals surface area (Å²) in [6, 6.07) is 8.22. The molecule has 0 aliphatic heterocycles. The minimum absolute atomic E-state index is 0.241. The van der Waals surface area contributed by atoms with Crippen molar-refractivity contribution in [2.45, 2.75) is 25.3 Å². The first-order chi connectivity index (χ1) is 9.63. The highest BCUT2D eigenvalue weighted by molar-refractivity contribution is 9.10. The number of anilines is 2. The molecule has 0 spiro atoms. The molecule has 0 radical (unpaired) electrons. The van der Waals surface area contributed by atoms with Crippen LogP contribution in [0, 0.1) is 0 Å². The van der Waals surface area contributed by atoms with E-state index < -0.39 is 0 Å². The summed E-state index contributed by atoms with van der Waals surface area (Å²) in [4.78, 5) is 4.35. The molecule has 5 heteroatoms. The second-order valence-electron chi connectivity index (χ2n) is 5.03. The second-order valence-corrected chi connectivity index (χ2v) is 6.35. The maximum absolute atomic E-state index is 6.23. The van der Waals surface area contributed by atoms with Crippen LogP contribution in [0.1, 0.15) is 30.0 Å². The Kier molecular flexibility index (Phi) is 3.85. The number of nitrogens with zero attached hydrogens (tertiary/aromatic N) is 1. The van der Waals surface area contributed by atoms with E-state index in [9.17, 15) is 0 Å². The minimum Gasteiger partial charge on any atom is -0.399 e. The van der Waals surface area contributed by atoms with E-state index >= 15 is 0 Å². The maximum Gasteiger partial charge on any atom is 0.145 e. The molecule has 20 heavy (non-hydrogen) atoms. The zero-order chi connectivity index (χ0) is 14.1. The zero-order valence-electron chi connectivity index (χ0n) is 10.9. The van der Waals surface area contributed by atoms with Crippen molar-refractivity contribution in [3.05, 3.63) is 51.1 Å². The highest BCUT2D eigenvalue weighted by Gasteiger charge is 2.21. The number of pyridine rings is 1. The zero-order valence-corrected chi connectivity index (χ0v) is 13.2. The molecular weight excluding hydrogens is 338 g/mol. The average Bonchev–Trinajstić information content (AvgIpc) is 2.41. The van der Waals surface area contributed by atoms with Crippen molar-refractivity contribution in [1.29, 1.82) is 0 Å². The number of nitrogens with two attached hydrogens (primary N) is 1. The molecule has 1 heterocycles. The van der Waals surface area contributed by atoms with Gasteiger partial charge in [0.25, 0.3) is 0 Å². The number of rotatable bonds is 2. The number of benzene rings is 1. The van der Waals surface area contributed by atoms with Gasteiger partial charge in [0.1, 0.15) is 5.82 Å². The van der Waals surface area contributed by atoms with Gasteiger partial charge in [-0.15, -0.1) is 0 Å². The van der Waals surface area contributed by atoms with Crippen molar-refractivity contribution in [3.63, 3.8) is 0 Å². The summed E-state index contributed by atoms with van der Waals surface area (Å²) in [5.74, 6) is 0.726. The van der Waals surface area contributed by atoms with Crippen molar-refractivity contribution in [3.8, 4) is 0 Å². The molecule has 1 aromatic heterocycles. The Morgan fingerprint density at radius 1 is 1.35 bits per heavy atom. The molecule has 104 valence electrons. The van der Waals surface area contributed by atoms with Crippen molar-refractivity contribution >= 4 is 39.0 Å². The number of aromatic nitrogens is 1. The number of fused-ring (bicyclic) bond motifs is 1. The molecule has 1 unspecified atom stereocenters. The van der Waals surface area contributed by atoms with E-state index in [1.165, 1.54) is 11.1 Å². The van der Waals surface area contributed by atoms with E-state index in [1.807, 2.05) is 12.1 Å². The van der Waals surface area contributed by atoms with Crippen LogP contribution in [0.2, 0.25) is 5.02 Å². The molecule has 1 aromatic carbocycles. The Morgan fingerprint density at radius 2 is 2.20 bits per heavy atom. The van der Waals surface area contributed by atoms with Crippen molar-refractivity contribution in [1.82, 2.24) is 4.98 Å². The molecule has 2 aromatic rings. The molecule has 0 bridgehead atoms. The van der Waals surface area contributed by atoms with Crippen LogP contribution in [-0.2, 0) is 6.42 Å². The predicted molar refractivity (Wildman–Crippen MR) is 87.1 cm³/mol. The van der Waals surface area contributed by atoms with Crippen LogP contribution in [0.15, 0.2) is 34.9 Å². The highest BCUT2D eigenvalue weighted by atomic mass is 79.9. The molecule has 0 saturated heterocycles. The molecule has 3 rings (SSSR count). The number of halogens is 2. The van der Waals surface area contributed by atoms with E-state index in [-0.39, 0.29) is 6.04 Å². The van der Waals surface area contributed by atoms with Crippen LogP contribution in [0.3, 0.4) is 0 Å². The lowest BCUT2D eigenvalue weighted by Crippen LogP contribution is -2.18. The van der Waals surface area contributed by atoms with Gasteiger partial charge in [0, 0.05) is 16.4 Å². The first-order valence-electron chi connectivity index (χ1n) is 6.59. The van der Waals surface area contributed by atoms with Gasteiger partial charge in [-0.1, -0.05) is 17.7 Å². The molecule has 1 aliphatic carbocycles. The van der Waals surface area contributed by atoms with Gasteiger partial charge in [-0.05, 0) is 64.5 Å². The third kappa shape index (κ3) is 2.76. The molecule has 0 fully saturated rings. The highest BCUT2D eigenvalue weighted by Crippen LogP contribution is 2.35. The monoisotopic (exact) mass is 351 g/mol. The van der Waals surface area contributed by atoms with Gasteiger partial charge in [0.15, 0.2) is 0 Å². The lowest BCUT2D eigenvalue weighted by atomic mass is 9.87. The van der Waals surface area contributed by atoms with E-state index in [0.717, 1.165) is 35.2 Å². The fraction of sp³-hybridized carbons (Fsp3) is 0.267. The van der Waals surface area contributed by atoms with Gasteiger partial charge in [-0.3, -0.25) is 0 Å². The summed E-state index contributed by atoms with van der Waals surface area (Å²) >= 11 is 9.59. The fourth-order valence-corrected chi connectivity index (χ4v) is 3.35. The number of hydrogen-bond donors (Lipinski definition) is 2. The summed E-state index contributed by atoms with van der Waals surface area (Å²) < 4.78 is 0.880. The van der Waals surface area contributed by atoms with Gasteiger partial charge in [0.2, 0.25) is 0 Å². The number of nitrogens with one attached hydrogen (secondary N) is 1. The fourth-order valence-electron chi connectivity index (χ4n) is 2.67. The van der Waals surface area contributed by atoms with E-state index in [4.69, 9.17) is 17.3 Å². The quantitative estimate of drug-likeness (QED) is 0.778.